The number of nitrogens with two attached hydrogens (primary N) is 1. The second-order valence-electron chi connectivity index (χ2n) is 4.07. The highest BCUT2D eigenvalue weighted by Crippen LogP contribution is 2.25. The van der Waals surface area contributed by atoms with E-state index >= 15 is 0 Å². The highest BCUT2D eigenvalue weighted by atomic mass is 35.5. The van der Waals surface area contributed by atoms with Crippen LogP contribution in [-0.2, 0) is 0 Å². The van der Waals surface area contributed by atoms with Crippen molar-refractivity contribution in [1.82, 2.24) is 5.43 Å². The summed E-state index contributed by atoms with van der Waals surface area (Å²) < 4.78 is 0. The Labute approximate surface area is 106 Å². The van der Waals surface area contributed by atoms with Gasteiger partial charge in [-0.15, -0.1) is 0 Å². The Morgan fingerprint density at radius 2 is 1.76 bits per heavy atom. The van der Waals surface area contributed by atoms with Crippen molar-refractivity contribution in [3.8, 4) is 0 Å². The van der Waals surface area contributed by atoms with Crippen LogP contribution >= 0.6 is 11.6 Å². The van der Waals surface area contributed by atoms with E-state index in [2.05, 4.69) is 11.5 Å². The van der Waals surface area contributed by atoms with Gasteiger partial charge in [0.05, 0.1) is 6.04 Å². The Hall–Kier alpha value is -1.35. The van der Waals surface area contributed by atoms with Crippen LogP contribution < -0.4 is 11.3 Å². The maximum absolute atomic E-state index is 6.07. The van der Waals surface area contributed by atoms with Gasteiger partial charge >= 0.3 is 0 Å². The molecule has 0 fully saturated rings. The zero-order valence-electron chi connectivity index (χ0n) is 9.65. The van der Waals surface area contributed by atoms with Gasteiger partial charge in [0.25, 0.3) is 0 Å². The average molecular weight is 247 g/mol. The van der Waals surface area contributed by atoms with Gasteiger partial charge in [-0.1, -0.05) is 48.0 Å². The van der Waals surface area contributed by atoms with Gasteiger partial charge in [0, 0.05) is 5.02 Å². The predicted octanol–water partition coefficient (Wildman–Crippen LogP) is 3.20. The smallest absolute Gasteiger partial charge is 0.0710 e. The average Bonchev–Trinajstić information content (AvgIpc) is 2.30. The maximum atomic E-state index is 6.07. The highest BCUT2D eigenvalue weighted by molar-refractivity contribution is 6.30. The number of hydrogen-bond acceptors (Lipinski definition) is 2. The van der Waals surface area contributed by atoms with E-state index < -0.39 is 0 Å². The third-order valence-corrected chi connectivity index (χ3v) is 2.92. The summed E-state index contributed by atoms with van der Waals surface area (Å²) in [6, 6.07) is 16.0. The first-order valence-corrected chi connectivity index (χ1v) is 5.86. The molecular formula is C14H15ClN2. The van der Waals surface area contributed by atoms with Crippen LogP contribution in [0, 0.1) is 6.92 Å². The standard InChI is InChI=1S/C14H15ClN2/c1-10-7-12(9-13(15)8-10)14(17-16)11-5-3-2-4-6-11/h2-9,14,17H,16H2,1H3. The van der Waals surface area contributed by atoms with Crippen LogP contribution in [0.3, 0.4) is 0 Å². The van der Waals surface area contributed by atoms with Crippen LogP contribution in [0.4, 0.5) is 0 Å². The molecule has 2 nitrogen and oxygen atoms in total. The Morgan fingerprint density at radius 3 is 2.35 bits per heavy atom. The summed E-state index contributed by atoms with van der Waals surface area (Å²) in [4.78, 5) is 0. The number of halogens is 1. The first kappa shape index (κ1) is 12.1. The molecule has 0 radical (unpaired) electrons. The van der Waals surface area contributed by atoms with Crippen LogP contribution in [0.5, 0.6) is 0 Å². The van der Waals surface area contributed by atoms with Gasteiger partial charge in [-0.05, 0) is 35.7 Å². The summed E-state index contributed by atoms with van der Waals surface area (Å²) in [7, 11) is 0. The van der Waals surface area contributed by atoms with Crippen molar-refractivity contribution in [1.29, 1.82) is 0 Å². The molecular weight excluding hydrogens is 232 g/mol. The molecule has 0 aliphatic rings. The highest BCUT2D eigenvalue weighted by Gasteiger charge is 2.12. The molecule has 17 heavy (non-hydrogen) atoms. The fraction of sp³-hybridized carbons (Fsp3) is 0.143. The van der Waals surface area contributed by atoms with Crippen molar-refractivity contribution in [3.63, 3.8) is 0 Å². The molecule has 0 amide bonds. The summed E-state index contributed by atoms with van der Waals surface area (Å²) >= 11 is 6.07. The van der Waals surface area contributed by atoms with Gasteiger partial charge in [-0.3, -0.25) is 5.84 Å². The second-order valence-corrected chi connectivity index (χ2v) is 4.51. The number of hydrogen-bond donors (Lipinski definition) is 2. The van der Waals surface area contributed by atoms with Crippen molar-refractivity contribution < 1.29 is 0 Å². The van der Waals surface area contributed by atoms with E-state index in [9.17, 15) is 0 Å². The Kier molecular flexibility index (Phi) is 3.79. The number of hydrazine groups is 1. The molecule has 2 rings (SSSR count). The van der Waals surface area contributed by atoms with E-state index in [1.54, 1.807) is 0 Å². The summed E-state index contributed by atoms with van der Waals surface area (Å²) in [5.74, 6) is 5.64. The van der Waals surface area contributed by atoms with Crippen LogP contribution in [0.15, 0.2) is 48.5 Å². The maximum Gasteiger partial charge on any atom is 0.0710 e. The minimum Gasteiger partial charge on any atom is -0.271 e. The molecule has 0 aliphatic carbocycles. The minimum atomic E-state index is -0.0337. The normalized spacial score (nSPS) is 12.4. The Bertz CT molecular complexity index is 477. The molecule has 0 aromatic heterocycles. The van der Waals surface area contributed by atoms with E-state index in [4.69, 9.17) is 17.4 Å². The first-order valence-electron chi connectivity index (χ1n) is 5.49. The third-order valence-electron chi connectivity index (χ3n) is 2.70. The monoisotopic (exact) mass is 246 g/mol. The predicted molar refractivity (Wildman–Crippen MR) is 71.8 cm³/mol. The Morgan fingerprint density at radius 1 is 1.06 bits per heavy atom. The number of benzene rings is 2. The quantitative estimate of drug-likeness (QED) is 0.645. The fourth-order valence-corrected chi connectivity index (χ4v) is 2.26. The second kappa shape index (κ2) is 5.32. The molecule has 1 atom stereocenters. The van der Waals surface area contributed by atoms with Crippen molar-refractivity contribution in [2.75, 3.05) is 0 Å². The van der Waals surface area contributed by atoms with Crippen molar-refractivity contribution in [2.24, 2.45) is 5.84 Å². The van der Waals surface area contributed by atoms with E-state index in [0.29, 0.717) is 0 Å². The van der Waals surface area contributed by atoms with Crippen LogP contribution in [0.1, 0.15) is 22.7 Å². The van der Waals surface area contributed by atoms with Crippen molar-refractivity contribution >= 4 is 11.6 Å². The van der Waals surface area contributed by atoms with Crippen LogP contribution in [0.2, 0.25) is 5.02 Å². The summed E-state index contributed by atoms with van der Waals surface area (Å²) in [6.07, 6.45) is 0. The molecule has 88 valence electrons. The third kappa shape index (κ3) is 2.86. The molecule has 2 aromatic rings. The van der Waals surface area contributed by atoms with Crippen molar-refractivity contribution in [2.45, 2.75) is 13.0 Å². The minimum absolute atomic E-state index is 0.0337. The molecule has 0 bridgehead atoms. The van der Waals surface area contributed by atoms with Gasteiger partial charge in [0.15, 0.2) is 0 Å². The van der Waals surface area contributed by atoms with E-state index in [1.165, 1.54) is 0 Å². The van der Waals surface area contributed by atoms with Gasteiger partial charge in [0.2, 0.25) is 0 Å². The summed E-state index contributed by atoms with van der Waals surface area (Å²) in [6.45, 7) is 2.02. The number of nitrogens with one attached hydrogen (secondary N) is 1. The largest absolute Gasteiger partial charge is 0.271 e. The number of aryl methyl sites for hydroxylation is 1. The molecule has 2 aromatic carbocycles. The van der Waals surface area contributed by atoms with E-state index in [0.717, 1.165) is 21.7 Å². The summed E-state index contributed by atoms with van der Waals surface area (Å²) in [5.41, 5.74) is 6.15. The molecule has 0 spiro atoms. The van der Waals surface area contributed by atoms with Crippen LogP contribution in [-0.4, -0.2) is 0 Å². The first-order chi connectivity index (χ1) is 8.20. The zero-order chi connectivity index (χ0) is 12.3. The van der Waals surface area contributed by atoms with Gasteiger partial charge in [-0.25, -0.2) is 5.43 Å². The molecule has 0 heterocycles. The van der Waals surface area contributed by atoms with Crippen molar-refractivity contribution in [3.05, 3.63) is 70.2 Å². The summed E-state index contributed by atoms with van der Waals surface area (Å²) in [5, 5.41) is 0.733. The van der Waals surface area contributed by atoms with Crippen LogP contribution in [0.25, 0.3) is 0 Å². The fourth-order valence-electron chi connectivity index (χ4n) is 1.96. The van der Waals surface area contributed by atoms with E-state index in [-0.39, 0.29) is 6.04 Å². The topological polar surface area (TPSA) is 38.0 Å². The lowest BCUT2D eigenvalue weighted by molar-refractivity contribution is 0.636. The van der Waals surface area contributed by atoms with E-state index in [1.807, 2.05) is 49.4 Å². The lowest BCUT2D eigenvalue weighted by Crippen LogP contribution is -2.28. The Balaban J connectivity index is 2.42. The molecule has 0 saturated carbocycles. The molecule has 0 saturated heterocycles. The zero-order valence-corrected chi connectivity index (χ0v) is 10.4. The lowest BCUT2D eigenvalue weighted by atomic mass is 9.98. The van der Waals surface area contributed by atoms with Gasteiger partial charge < -0.3 is 0 Å². The lowest BCUT2D eigenvalue weighted by Gasteiger charge is -2.17. The SMILES string of the molecule is Cc1cc(Cl)cc(C(NN)c2ccccc2)c1. The molecule has 3 N–H and O–H groups in total. The number of rotatable bonds is 3. The molecule has 1 unspecified atom stereocenters. The van der Waals surface area contributed by atoms with Gasteiger partial charge in [-0.2, -0.15) is 0 Å². The van der Waals surface area contributed by atoms with Gasteiger partial charge in [0.1, 0.15) is 0 Å². The molecule has 0 aliphatic heterocycles. The molecule has 3 heteroatoms.